The predicted molar refractivity (Wildman–Crippen MR) is 94.1 cm³/mol. The molecule has 3 rings (SSSR count). The molecule has 0 saturated carbocycles. The lowest BCUT2D eigenvalue weighted by Gasteiger charge is -2.07. The minimum absolute atomic E-state index is 0.215. The lowest BCUT2D eigenvalue weighted by Crippen LogP contribution is -2.12. The highest BCUT2D eigenvalue weighted by molar-refractivity contribution is 6.00. The highest BCUT2D eigenvalue weighted by atomic mass is 19.1. The van der Waals surface area contributed by atoms with E-state index in [9.17, 15) is 4.39 Å². The van der Waals surface area contributed by atoms with Crippen LogP contribution in [-0.4, -0.2) is 34.4 Å². The van der Waals surface area contributed by atoms with Crippen LogP contribution in [0.15, 0.2) is 64.9 Å². The van der Waals surface area contributed by atoms with Crippen LogP contribution in [0.3, 0.4) is 0 Å². The van der Waals surface area contributed by atoms with Gasteiger partial charge in [0.05, 0.1) is 12.2 Å². The Morgan fingerprint density at radius 2 is 2.00 bits per heavy atom. The Morgan fingerprint density at radius 1 is 1.20 bits per heavy atom. The minimum Gasteiger partial charge on any atom is -0.397 e. The molecule has 25 heavy (non-hydrogen) atoms. The lowest BCUT2D eigenvalue weighted by atomic mass is 10.2. The van der Waals surface area contributed by atoms with Crippen molar-refractivity contribution >= 4 is 12.6 Å². The topological polar surface area (TPSA) is 64.7 Å². The molecule has 0 N–H and O–H groups in total. The highest BCUT2D eigenvalue weighted by Gasteiger charge is 2.16. The van der Waals surface area contributed by atoms with Gasteiger partial charge in [0.15, 0.2) is 0 Å². The fourth-order valence-electron chi connectivity index (χ4n) is 2.39. The SMILES string of the molecule is C=NC(=NOC)c1cc(-c2ccccn2)nn1Cc1ccccc1F. The van der Waals surface area contributed by atoms with Crippen molar-refractivity contribution in [2.24, 2.45) is 10.1 Å². The minimum atomic E-state index is -0.305. The summed E-state index contributed by atoms with van der Waals surface area (Å²) in [6.45, 7) is 3.73. The van der Waals surface area contributed by atoms with Gasteiger partial charge in [-0.2, -0.15) is 5.10 Å². The van der Waals surface area contributed by atoms with E-state index in [0.717, 1.165) is 0 Å². The number of hydrogen-bond acceptors (Lipinski definition) is 4. The molecule has 1 aromatic carbocycles. The molecule has 2 heterocycles. The van der Waals surface area contributed by atoms with Crippen LogP contribution < -0.4 is 0 Å². The number of rotatable bonds is 5. The van der Waals surface area contributed by atoms with E-state index < -0.39 is 0 Å². The lowest BCUT2D eigenvalue weighted by molar-refractivity contribution is 0.213. The van der Waals surface area contributed by atoms with E-state index in [1.54, 1.807) is 35.1 Å². The van der Waals surface area contributed by atoms with Crippen molar-refractivity contribution in [1.82, 2.24) is 14.8 Å². The molecule has 0 amide bonds. The van der Waals surface area contributed by atoms with Crippen LogP contribution in [0.5, 0.6) is 0 Å². The fourth-order valence-corrected chi connectivity index (χ4v) is 2.39. The first-order chi connectivity index (χ1) is 12.2. The number of pyridine rings is 1. The maximum Gasteiger partial charge on any atom is 0.216 e. The van der Waals surface area contributed by atoms with E-state index in [0.29, 0.717) is 22.6 Å². The summed E-state index contributed by atoms with van der Waals surface area (Å²) < 4.78 is 15.6. The molecule has 0 saturated heterocycles. The second-order valence-corrected chi connectivity index (χ2v) is 5.13. The van der Waals surface area contributed by atoms with E-state index in [4.69, 9.17) is 4.84 Å². The van der Waals surface area contributed by atoms with E-state index in [1.165, 1.54) is 13.2 Å². The summed E-state index contributed by atoms with van der Waals surface area (Å²) in [5, 5.41) is 8.39. The second kappa shape index (κ2) is 7.48. The number of hydrogen-bond donors (Lipinski definition) is 0. The normalized spacial score (nSPS) is 11.4. The van der Waals surface area contributed by atoms with Gasteiger partial charge >= 0.3 is 0 Å². The summed E-state index contributed by atoms with van der Waals surface area (Å²) in [5.74, 6) is -0.0475. The molecule has 0 fully saturated rings. The van der Waals surface area contributed by atoms with Crippen molar-refractivity contribution in [3.8, 4) is 11.4 Å². The Hall–Kier alpha value is -3.35. The summed E-state index contributed by atoms with van der Waals surface area (Å²) >= 11 is 0. The number of benzene rings is 1. The molecule has 0 unspecified atom stereocenters. The number of halogens is 1. The van der Waals surface area contributed by atoms with Gasteiger partial charge in [-0.25, -0.2) is 9.38 Å². The largest absolute Gasteiger partial charge is 0.397 e. The molecule has 126 valence electrons. The van der Waals surface area contributed by atoms with E-state index in [2.05, 4.69) is 26.9 Å². The summed E-state index contributed by atoms with van der Waals surface area (Å²) in [5.41, 5.74) is 2.37. The van der Waals surface area contributed by atoms with Crippen LogP contribution in [0.25, 0.3) is 11.4 Å². The zero-order valence-corrected chi connectivity index (χ0v) is 13.6. The first kappa shape index (κ1) is 16.5. The molecule has 0 aliphatic carbocycles. The van der Waals surface area contributed by atoms with Crippen molar-refractivity contribution in [2.45, 2.75) is 6.54 Å². The molecular formula is C18H16FN5O. The van der Waals surface area contributed by atoms with Gasteiger partial charge in [0.2, 0.25) is 5.84 Å². The van der Waals surface area contributed by atoms with Crippen LogP contribution >= 0.6 is 0 Å². The van der Waals surface area contributed by atoms with E-state index in [1.807, 2.05) is 18.2 Å². The third kappa shape index (κ3) is 3.60. The molecule has 2 aromatic heterocycles. The van der Waals surface area contributed by atoms with Crippen LogP contribution in [0, 0.1) is 5.82 Å². The van der Waals surface area contributed by atoms with Crippen LogP contribution in [-0.2, 0) is 11.4 Å². The van der Waals surface area contributed by atoms with Crippen molar-refractivity contribution in [1.29, 1.82) is 0 Å². The summed E-state index contributed by atoms with van der Waals surface area (Å²) in [6.07, 6.45) is 1.68. The molecule has 0 atom stereocenters. The van der Waals surface area contributed by atoms with Crippen LogP contribution in [0.1, 0.15) is 11.3 Å². The van der Waals surface area contributed by atoms with Crippen molar-refractivity contribution in [3.63, 3.8) is 0 Å². The molecule has 0 bridgehead atoms. The van der Waals surface area contributed by atoms with E-state index in [-0.39, 0.29) is 18.2 Å². The number of aliphatic imine (C=N–C) groups is 1. The predicted octanol–water partition coefficient (Wildman–Crippen LogP) is 3.14. The Bertz CT molecular complexity index is 905. The Labute approximate surface area is 144 Å². The van der Waals surface area contributed by atoms with Gasteiger partial charge in [0, 0.05) is 11.8 Å². The standard InChI is InChI=1S/C18H16FN5O/c1-20-18(23-25-2)17-11-16(15-9-5-6-10-21-15)22-24(17)12-13-7-3-4-8-14(13)19/h3-11H,1,12H2,2H3. The van der Waals surface area contributed by atoms with Crippen LogP contribution in [0.2, 0.25) is 0 Å². The smallest absolute Gasteiger partial charge is 0.216 e. The van der Waals surface area contributed by atoms with Gasteiger partial charge < -0.3 is 4.84 Å². The van der Waals surface area contributed by atoms with Gasteiger partial charge in [0.25, 0.3) is 0 Å². The number of amidine groups is 1. The summed E-state index contributed by atoms with van der Waals surface area (Å²) in [7, 11) is 1.42. The molecule has 0 aliphatic rings. The first-order valence-corrected chi connectivity index (χ1v) is 7.54. The fraction of sp³-hybridized carbons (Fsp3) is 0.111. The van der Waals surface area contributed by atoms with Crippen LogP contribution in [0.4, 0.5) is 4.39 Å². The summed E-state index contributed by atoms with van der Waals surface area (Å²) in [6, 6.07) is 13.8. The zero-order valence-electron chi connectivity index (χ0n) is 13.6. The van der Waals surface area contributed by atoms with Gasteiger partial charge in [-0.15, -0.1) is 0 Å². The number of aromatic nitrogens is 3. The van der Waals surface area contributed by atoms with Gasteiger partial charge in [-0.3, -0.25) is 9.67 Å². The average molecular weight is 337 g/mol. The van der Waals surface area contributed by atoms with Crippen molar-refractivity contribution < 1.29 is 9.23 Å². The van der Waals surface area contributed by atoms with Gasteiger partial charge in [0.1, 0.15) is 24.3 Å². The summed E-state index contributed by atoms with van der Waals surface area (Å²) in [4.78, 5) is 13.0. The maximum absolute atomic E-state index is 14.0. The van der Waals surface area contributed by atoms with Gasteiger partial charge in [-0.1, -0.05) is 29.4 Å². The average Bonchev–Trinajstić information content (AvgIpc) is 3.06. The number of oxime groups is 1. The molecule has 7 heteroatoms. The molecular weight excluding hydrogens is 321 g/mol. The quantitative estimate of drug-likeness (QED) is 0.408. The molecule has 0 spiro atoms. The first-order valence-electron chi connectivity index (χ1n) is 7.54. The van der Waals surface area contributed by atoms with Crippen molar-refractivity contribution in [3.05, 3.63) is 71.8 Å². The maximum atomic E-state index is 14.0. The van der Waals surface area contributed by atoms with Gasteiger partial charge in [-0.05, 0) is 31.0 Å². The zero-order chi connectivity index (χ0) is 17.6. The number of nitrogens with zero attached hydrogens (tertiary/aromatic N) is 5. The monoisotopic (exact) mass is 337 g/mol. The third-order valence-electron chi connectivity index (χ3n) is 3.54. The second-order valence-electron chi connectivity index (χ2n) is 5.13. The Morgan fingerprint density at radius 3 is 2.68 bits per heavy atom. The van der Waals surface area contributed by atoms with E-state index >= 15 is 0 Å². The Kier molecular flexibility index (Phi) is 4.94. The molecule has 6 nitrogen and oxygen atoms in total. The van der Waals surface area contributed by atoms with Crippen molar-refractivity contribution in [2.75, 3.05) is 7.11 Å². The molecule has 0 aliphatic heterocycles. The Balaban J connectivity index is 2.08. The molecule has 3 aromatic rings. The highest BCUT2D eigenvalue weighted by Crippen LogP contribution is 2.19. The molecule has 0 radical (unpaired) electrons. The third-order valence-corrected chi connectivity index (χ3v) is 3.54.